The van der Waals surface area contributed by atoms with Gasteiger partial charge in [0.05, 0.1) is 0 Å². The second kappa shape index (κ2) is 8.81. The van der Waals surface area contributed by atoms with Crippen LogP contribution < -0.4 is 5.32 Å². The van der Waals surface area contributed by atoms with Crippen molar-refractivity contribution in [2.24, 2.45) is 5.92 Å². The Morgan fingerprint density at radius 3 is 2.50 bits per heavy atom. The summed E-state index contributed by atoms with van der Waals surface area (Å²) in [5.41, 5.74) is 0. The Hall–Kier alpha value is -1.14. The number of rotatable bonds is 5. The third kappa shape index (κ3) is 4.93. The molecule has 0 bridgehead atoms. The summed E-state index contributed by atoms with van der Waals surface area (Å²) in [4.78, 5) is 30.7. The zero-order chi connectivity index (χ0) is 16.8. The first-order valence-electron chi connectivity index (χ1n) is 9.71. The Morgan fingerprint density at radius 1 is 1.04 bits per heavy atom. The van der Waals surface area contributed by atoms with Gasteiger partial charge in [-0.05, 0) is 44.7 Å². The molecule has 6 nitrogen and oxygen atoms in total. The van der Waals surface area contributed by atoms with Gasteiger partial charge in [-0.1, -0.05) is 0 Å². The number of piperazine rings is 1. The van der Waals surface area contributed by atoms with Crippen LogP contribution in [-0.4, -0.2) is 85.4 Å². The lowest BCUT2D eigenvalue weighted by Gasteiger charge is -2.36. The van der Waals surface area contributed by atoms with E-state index < -0.39 is 0 Å². The summed E-state index contributed by atoms with van der Waals surface area (Å²) >= 11 is 0. The maximum atomic E-state index is 12.2. The maximum Gasteiger partial charge on any atom is 0.223 e. The van der Waals surface area contributed by atoms with Crippen molar-refractivity contribution < 1.29 is 9.59 Å². The Labute approximate surface area is 145 Å². The number of nitrogens with zero attached hydrogens (tertiary/aromatic N) is 3. The Kier molecular flexibility index (Phi) is 6.49. The van der Waals surface area contributed by atoms with Crippen LogP contribution in [0.25, 0.3) is 0 Å². The molecule has 0 aromatic carbocycles. The Balaban J connectivity index is 1.33. The van der Waals surface area contributed by atoms with Crippen LogP contribution in [0.1, 0.15) is 38.5 Å². The molecule has 0 radical (unpaired) electrons. The average Bonchev–Trinajstić information content (AvgIpc) is 2.63. The summed E-state index contributed by atoms with van der Waals surface area (Å²) in [7, 11) is 0. The number of nitrogens with one attached hydrogen (secondary N) is 1. The van der Waals surface area contributed by atoms with Crippen LogP contribution >= 0.6 is 0 Å². The number of carbonyl (C=O) groups is 2. The summed E-state index contributed by atoms with van der Waals surface area (Å²) in [6.45, 7) is 8.49. The monoisotopic (exact) mass is 336 g/mol. The minimum absolute atomic E-state index is 0.303. The third-order valence-corrected chi connectivity index (χ3v) is 5.72. The lowest BCUT2D eigenvalue weighted by molar-refractivity contribution is -0.134. The van der Waals surface area contributed by atoms with Gasteiger partial charge in [0.1, 0.15) is 0 Å². The molecule has 6 heteroatoms. The van der Waals surface area contributed by atoms with Gasteiger partial charge in [0.2, 0.25) is 11.8 Å². The fourth-order valence-corrected chi connectivity index (χ4v) is 4.09. The number of amides is 2. The molecule has 3 rings (SSSR count). The summed E-state index contributed by atoms with van der Waals surface area (Å²) < 4.78 is 0. The van der Waals surface area contributed by atoms with Crippen molar-refractivity contribution in [2.75, 3.05) is 58.9 Å². The highest BCUT2D eigenvalue weighted by Crippen LogP contribution is 2.21. The first-order valence-corrected chi connectivity index (χ1v) is 9.71. The van der Waals surface area contributed by atoms with Crippen molar-refractivity contribution in [3.8, 4) is 0 Å². The highest BCUT2D eigenvalue weighted by molar-refractivity contribution is 5.77. The molecular formula is C18H32N4O2. The summed E-state index contributed by atoms with van der Waals surface area (Å²) in [5, 5.41) is 3.28. The van der Waals surface area contributed by atoms with Crippen LogP contribution in [0.4, 0.5) is 0 Å². The minimum atomic E-state index is 0.303. The molecule has 0 aromatic rings. The lowest BCUT2D eigenvalue weighted by atomic mass is 9.95. The quantitative estimate of drug-likeness (QED) is 0.796. The number of hydrogen-bond donors (Lipinski definition) is 1. The predicted octanol–water partition coefficient (Wildman–Crippen LogP) is 0.533. The molecule has 0 aliphatic carbocycles. The zero-order valence-electron chi connectivity index (χ0n) is 14.8. The fraction of sp³-hybridized carbons (Fsp3) is 0.889. The topological polar surface area (TPSA) is 55.9 Å². The molecule has 3 aliphatic heterocycles. The first-order chi connectivity index (χ1) is 11.7. The van der Waals surface area contributed by atoms with Gasteiger partial charge in [-0.2, -0.15) is 0 Å². The Morgan fingerprint density at radius 2 is 1.79 bits per heavy atom. The summed E-state index contributed by atoms with van der Waals surface area (Å²) in [6.07, 6.45) is 5.94. The summed E-state index contributed by atoms with van der Waals surface area (Å²) in [5.74, 6) is 1.30. The van der Waals surface area contributed by atoms with Crippen LogP contribution in [-0.2, 0) is 9.59 Å². The van der Waals surface area contributed by atoms with Crippen LogP contribution in [0.2, 0.25) is 0 Å². The van der Waals surface area contributed by atoms with Crippen molar-refractivity contribution in [3.63, 3.8) is 0 Å². The molecular weight excluding hydrogens is 304 g/mol. The molecule has 136 valence electrons. The molecule has 3 aliphatic rings. The highest BCUT2D eigenvalue weighted by Gasteiger charge is 2.25. The van der Waals surface area contributed by atoms with E-state index in [0.29, 0.717) is 24.2 Å². The number of likely N-dealkylation sites (tertiary alicyclic amines) is 2. The van der Waals surface area contributed by atoms with Gasteiger partial charge in [0, 0.05) is 58.7 Å². The summed E-state index contributed by atoms with van der Waals surface area (Å²) in [6, 6.07) is 0. The molecule has 1 N–H and O–H groups in total. The van der Waals surface area contributed by atoms with Gasteiger partial charge >= 0.3 is 0 Å². The van der Waals surface area contributed by atoms with Crippen LogP contribution in [0.15, 0.2) is 0 Å². The molecule has 24 heavy (non-hydrogen) atoms. The van der Waals surface area contributed by atoms with E-state index in [2.05, 4.69) is 15.1 Å². The zero-order valence-corrected chi connectivity index (χ0v) is 14.8. The van der Waals surface area contributed by atoms with E-state index in [-0.39, 0.29) is 0 Å². The van der Waals surface area contributed by atoms with Crippen molar-refractivity contribution in [2.45, 2.75) is 38.5 Å². The van der Waals surface area contributed by atoms with Gasteiger partial charge in [-0.25, -0.2) is 0 Å². The molecule has 3 fully saturated rings. The van der Waals surface area contributed by atoms with Gasteiger partial charge in [-0.3, -0.25) is 9.59 Å². The molecule has 3 saturated heterocycles. The average molecular weight is 336 g/mol. The van der Waals surface area contributed by atoms with E-state index in [0.717, 1.165) is 84.6 Å². The van der Waals surface area contributed by atoms with E-state index in [1.165, 1.54) is 6.42 Å². The second-order valence-electron chi connectivity index (χ2n) is 7.46. The van der Waals surface area contributed by atoms with Crippen LogP contribution in [0.5, 0.6) is 0 Å². The molecule has 0 saturated carbocycles. The number of hydrogen-bond acceptors (Lipinski definition) is 4. The number of piperidine rings is 2. The standard InChI is InChI=1S/C18H32N4O2/c23-17-3-1-2-9-22(17)15-16-4-10-20(11-5-16)12-6-18(24)21-13-7-19-8-14-21/h16,19H,1-15H2. The van der Waals surface area contributed by atoms with Crippen LogP contribution in [0, 0.1) is 5.92 Å². The first kappa shape index (κ1) is 17.7. The Bertz CT molecular complexity index is 429. The predicted molar refractivity (Wildman–Crippen MR) is 93.7 cm³/mol. The fourth-order valence-electron chi connectivity index (χ4n) is 4.09. The smallest absolute Gasteiger partial charge is 0.223 e. The van der Waals surface area contributed by atoms with E-state index >= 15 is 0 Å². The van der Waals surface area contributed by atoms with Crippen molar-refractivity contribution >= 4 is 11.8 Å². The highest BCUT2D eigenvalue weighted by atomic mass is 16.2. The number of carbonyl (C=O) groups excluding carboxylic acids is 2. The van der Waals surface area contributed by atoms with Crippen LogP contribution in [0.3, 0.4) is 0 Å². The van der Waals surface area contributed by atoms with Gasteiger partial charge < -0.3 is 20.0 Å². The SMILES string of the molecule is O=C(CCN1CCC(CN2CCCCC2=O)CC1)N1CCNCC1. The van der Waals surface area contributed by atoms with Crippen molar-refractivity contribution in [3.05, 3.63) is 0 Å². The molecule has 0 atom stereocenters. The largest absolute Gasteiger partial charge is 0.342 e. The second-order valence-corrected chi connectivity index (χ2v) is 7.46. The van der Waals surface area contributed by atoms with Crippen molar-refractivity contribution in [1.29, 1.82) is 0 Å². The lowest BCUT2D eigenvalue weighted by Crippen LogP contribution is -2.47. The van der Waals surface area contributed by atoms with E-state index in [1.807, 2.05) is 4.90 Å². The third-order valence-electron chi connectivity index (χ3n) is 5.72. The van der Waals surface area contributed by atoms with Gasteiger partial charge in [0.15, 0.2) is 0 Å². The molecule has 0 spiro atoms. The normalized spacial score (nSPS) is 24.4. The van der Waals surface area contributed by atoms with Gasteiger partial charge in [-0.15, -0.1) is 0 Å². The molecule has 0 aromatic heterocycles. The molecule has 2 amide bonds. The molecule has 0 unspecified atom stereocenters. The van der Waals surface area contributed by atoms with E-state index in [4.69, 9.17) is 0 Å². The maximum absolute atomic E-state index is 12.2. The van der Waals surface area contributed by atoms with Gasteiger partial charge in [0.25, 0.3) is 0 Å². The molecule has 3 heterocycles. The van der Waals surface area contributed by atoms with Crippen molar-refractivity contribution in [1.82, 2.24) is 20.0 Å². The van der Waals surface area contributed by atoms with E-state index in [1.54, 1.807) is 0 Å². The minimum Gasteiger partial charge on any atom is -0.342 e. The van der Waals surface area contributed by atoms with E-state index in [9.17, 15) is 9.59 Å².